The Labute approximate surface area is 169 Å². The largest absolute Gasteiger partial charge is 0.586 e. The monoisotopic (exact) mass is 444 g/mol. The Bertz CT molecular complexity index is 1180. The van der Waals surface area contributed by atoms with Crippen molar-refractivity contribution in [3.63, 3.8) is 0 Å². The van der Waals surface area contributed by atoms with Gasteiger partial charge in [-0.15, -0.1) is 8.78 Å². The van der Waals surface area contributed by atoms with Gasteiger partial charge in [0.2, 0.25) is 10.0 Å². The molecule has 1 amide bonds. The molecule has 4 rings (SSSR count). The van der Waals surface area contributed by atoms with Gasteiger partial charge in [-0.3, -0.25) is 14.4 Å². The maximum atomic E-state index is 15.0. The average molecular weight is 444 g/mol. The summed E-state index contributed by atoms with van der Waals surface area (Å²) in [5.41, 5.74) is -1.85. The van der Waals surface area contributed by atoms with Gasteiger partial charge in [0.15, 0.2) is 22.9 Å². The molecule has 0 radical (unpaired) electrons. The molecule has 2 heterocycles. The molecule has 0 saturated carbocycles. The molecule has 2 aromatic carbocycles. The van der Waals surface area contributed by atoms with Crippen molar-refractivity contribution >= 4 is 33.0 Å². The van der Waals surface area contributed by atoms with Crippen molar-refractivity contribution in [2.24, 2.45) is 0 Å². The number of nitrogens with one attached hydrogen (secondary N) is 1. The number of rotatable bonds is 3. The number of benzene rings is 2. The highest BCUT2D eigenvalue weighted by atomic mass is 32.2. The molecule has 12 heteroatoms. The first-order valence-electron chi connectivity index (χ1n) is 8.51. The van der Waals surface area contributed by atoms with Crippen LogP contribution in [-0.4, -0.2) is 32.5 Å². The van der Waals surface area contributed by atoms with Gasteiger partial charge in [0.05, 0.1) is 17.6 Å². The highest BCUT2D eigenvalue weighted by Gasteiger charge is 2.46. The van der Waals surface area contributed by atoms with Crippen molar-refractivity contribution in [1.82, 2.24) is 0 Å². The summed E-state index contributed by atoms with van der Waals surface area (Å²) >= 11 is 0. The van der Waals surface area contributed by atoms with Crippen LogP contribution in [0.1, 0.15) is 13.8 Å². The summed E-state index contributed by atoms with van der Waals surface area (Å²) in [4.78, 5) is 14.0. The Morgan fingerprint density at radius 2 is 1.67 bits per heavy atom. The molecule has 2 aliphatic rings. The summed E-state index contributed by atoms with van der Waals surface area (Å²) in [5.74, 6) is -2.33. The first-order chi connectivity index (χ1) is 13.8. The van der Waals surface area contributed by atoms with Crippen molar-refractivity contribution in [2.75, 3.05) is 15.9 Å². The minimum absolute atomic E-state index is 0.0281. The zero-order valence-electron chi connectivity index (χ0n) is 15.8. The number of hydrogen-bond donors (Lipinski definition) is 1. The van der Waals surface area contributed by atoms with Crippen LogP contribution in [0.2, 0.25) is 0 Å². The molecule has 0 bridgehead atoms. The van der Waals surface area contributed by atoms with Gasteiger partial charge in [-0.25, -0.2) is 12.8 Å². The molecule has 0 atom stereocenters. The fourth-order valence-electron chi connectivity index (χ4n) is 3.15. The predicted molar refractivity (Wildman–Crippen MR) is 99.4 cm³/mol. The molecule has 0 unspecified atom stereocenters. The Balaban J connectivity index is 1.85. The molecule has 0 aromatic heterocycles. The van der Waals surface area contributed by atoms with Gasteiger partial charge in [0.25, 0.3) is 5.91 Å². The Morgan fingerprint density at radius 1 is 1.00 bits per heavy atom. The molecular weight excluding hydrogens is 429 g/mol. The van der Waals surface area contributed by atoms with Gasteiger partial charge in [-0.2, -0.15) is 0 Å². The number of sulfonamides is 1. The summed E-state index contributed by atoms with van der Waals surface area (Å²) in [7, 11) is -3.70. The van der Waals surface area contributed by atoms with E-state index in [1.54, 1.807) is 0 Å². The molecular formula is C18H15F3N2O6S. The molecule has 2 aliphatic heterocycles. The average Bonchev–Trinajstić information content (AvgIpc) is 2.87. The van der Waals surface area contributed by atoms with E-state index < -0.39 is 33.6 Å². The maximum absolute atomic E-state index is 15.0. The van der Waals surface area contributed by atoms with E-state index >= 15 is 0 Å². The van der Waals surface area contributed by atoms with E-state index in [4.69, 9.17) is 4.74 Å². The van der Waals surface area contributed by atoms with Gasteiger partial charge < -0.3 is 14.2 Å². The van der Waals surface area contributed by atoms with Crippen molar-refractivity contribution < 1.29 is 40.6 Å². The molecule has 30 heavy (non-hydrogen) atoms. The fourth-order valence-corrected chi connectivity index (χ4v) is 3.70. The lowest BCUT2D eigenvalue weighted by atomic mass is 10.0. The Kier molecular flexibility index (Phi) is 4.14. The summed E-state index contributed by atoms with van der Waals surface area (Å²) in [6.45, 7) is 2.86. The molecule has 0 aliphatic carbocycles. The second-order valence-corrected chi connectivity index (χ2v) is 8.98. The van der Waals surface area contributed by atoms with Gasteiger partial charge in [0.1, 0.15) is 11.4 Å². The van der Waals surface area contributed by atoms with Crippen LogP contribution in [0.5, 0.6) is 17.2 Å². The maximum Gasteiger partial charge on any atom is 0.586 e. The second-order valence-electron chi connectivity index (χ2n) is 7.23. The zero-order chi connectivity index (χ0) is 22.1. The van der Waals surface area contributed by atoms with E-state index in [-0.39, 0.29) is 34.3 Å². The lowest BCUT2D eigenvalue weighted by molar-refractivity contribution is -0.286. The molecule has 8 nitrogen and oxygen atoms in total. The highest BCUT2D eigenvalue weighted by Crippen LogP contribution is 2.48. The third kappa shape index (κ3) is 3.47. The standard InChI is InChI=1S/C18H15F3N2O6S/c1-17(2)16(24)23(10-4-5-12-13(8-10)29-18(20,21)28-12)15-11(19)6-9(7-14(15)27-17)22-30(3,25)26/h4-8,22H,1-3H3. The molecule has 160 valence electrons. The zero-order valence-corrected chi connectivity index (χ0v) is 16.6. The van der Waals surface area contributed by atoms with Crippen LogP contribution >= 0.6 is 0 Å². The van der Waals surface area contributed by atoms with Crippen LogP contribution in [-0.2, 0) is 14.8 Å². The minimum Gasteiger partial charge on any atom is -0.476 e. The summed E-state index contributed by atoms with van der Waals surface area (Å²) in [6.07, 6.45) is -2.96. The van der Waals surface area contributed by atoms with E-state index in [0.29, 0.717) is 0 Å². The number of hydrogen-bond acceptors (Lipinski definition) is 6. The van der Waals surface area contributed by atoms with Crippen molar-refractivity contribution in [3.05, 3.63) is 36.1 Å². The van der Waals surface area contributed by atoms with Gasteiger partial charge in [-0.05, 0) is 26.0 Å². The number of halogens is 3. The number of carbonyl (C=O) groups is 1. The molecule has 1 N–H and O–H groups in total. The SMILES string of the molecule is CC1(C)Oc2cc(NS(C)(=O)=O)cc(F)c2N(c2ccc3c(c2)OC(F)(F)O3)C1=O. The van der Waals surface area contributed by atoms with Gasteiger partial charge >= 0.3 is 6.29 Å². The van der Waals surface area contributed by atoms with Crippen molar-refractivity contribution in [2.45, 2.75) is 25.7 Å². The third-order valence-electron chi connectivity index (χ3n) is 4.28. The molecule has 0 fully saturated rings. The fraction of sp³-hybridized carbons (Fsp3) is 0.278. The van der Waals surface area contributed by atoms with E-state index in [9.17, 15) is 26.4 Å². The summed E-state index contributed by atoms with van der Waals surface area (Å²) in [6, 6.07) is 5.67. The minimum atomic E-state index is -3.86. The lowest BCUT2D eigenvalue weighted by Crippen LogP contribution is -2.50. The number of anilines is 3. The van der Waals surface area contributed by atoms with Crippen LogP contribution in [0.15, 0.2) is 30.3 Å². The van der Waals surface area contributed by atoms with Crippen molar-refractivity contribution in [1.29, 1.82) is 0 Å². The first-order valence-corrected chi connectivity index (χ1v) is 10.4. The van der Waals surface area contributed by atoms with Crippen LogP contribution < -0.4 is 23.8 Å². The van der Waals surface area contributed by atoms with Gasteiger partial charge in [0, 0.05) is 18.2 Å². The van der Waals surface area contributed by atoms with Crippen LogP contribution in [0.25, 0.3) is 0 Å². The number of fused-ring (bicyclic) bond motifs is 2. The quantitative estimate of drug-likeness (QED) is 0.781. The highest BCUT2D eigenvalue weighted by molar-refractivity contribution is 7.92. The number of alkyl halides is 2. The van der Waals surface area contributed by atoms with E-state index in [1.807, 2.05) is 0 Å². The Hall–Kier alpha value is -3.15. The van der Waals surface area contributed by atoms with Crippen LogP contribution in [0, 0.1) is 5.82 Å². The van der Waals surface area contributed by atoms with Crippen LogP contribution in [0.4, 0.5) is 30.2 Å². The van der Waals surface area contributed by atoms with E-state index in [1.165, 1.54) is 32.0 Å². The first kappa shape index (κ1) is 20.1. The third-order valence-corrected chi connectivity index (χ3v) is 4.89. The number of ether oxygens (including phenoxy) is 3. The summed E-state index contributed by atoms with van der Waals surface area (Å²) < 4.78 is 81.1. The van der Waals surface area contributed by atoms with Crippen LogP contribution in [0.3, 0.4) is 0 Å². The smallest absolute Gasteiger partial charge is 0.476 e. The molecule has 0 spiro atoms. The van der Waals surface area contributed by atoms with E-state index in [2.05, 4.69) is 14.2 Å². The van der Waals surface area contributed by atoms with Gasteiger partial charge in [-0.1, -0.05) is 0 Å². The Morgan fingerprint density at radius 3 is 2.33 bits per heavy atom. The number of amides is 1. The predicted octanol–water partition coefficient (Wildman–Crippen LogP) is 3.35. The number of nitrogens with zero attached hydrogens (tertiary/aromatic N) is 1. The second kappa shape index (κ2) is 6.17. The topological polar surface area (TPSA) is 94.2 Å². The normalized spacial score (nSPS) is 18.6. The molecule has 0 saturated heterocycles. The lowest BCUT2D eigenvalue weighted by Gasteiger charge is -2.39. The molecule has 2 aromatic rings. The van der Waals surface area contributed by atoms with E-state index in [0.717, 1.165) is 23.3 Å². The van der Waals surface area contributed by atoms with Crippen molar-refractivity contribution in [3.8, 4) is 17.2 Å². The number of carbonyl (C=O) groups excluding carboxylic acids is 1. The summed E-state index contributed by atoms with van der Waals surface area (Å²) in [5, 5.41) is 0.